The number of hydrogen-bond acceptors (Lipinski definition) is 2. The van der Waals surface area contributed by atoms with Gasteiger partial charge in [0.25, 0.3) is 0 Å². The second kappa shape index (κ2) is 5.32. The van der Waals surface area contributed by atoms with E-state index in [1.807, 2.05) is 54.6 Å². The quantitative estimate of drug-likeness (QED) is 0.769. The number of rotatable bonds is 4. The second-order valence-electron chi connectivity index (χ2n) is 4.98. The minimum atomic E-state index is -0.869. The van der Waals surface area contributed by atoms with Gasteiger partial charge in [0.1, 0.15) is 0 Å². The molecule has 0 spiro atoms. The van der Waals surface area contributed by atoms with Crippen LogP contribution >= 0.6 is 0 Å². The molecule has 1 atom stereocenters. The monoisotopic (exact) mass is 280 g/mol. The third-order valence-electron chi connectivity index (χ3n) is 3.70. The van der Waals surface area contributed by atoms with Crippen molar-refractivity contribution in [3.05, 3.63) is 66.4 Å². The van der Waals surface area contributed by atoms with Crippen molar-refractivity contribution >= 4 is 22.6 Å². The van der Waals surface area contributed by atoms with E-state index in [1.54, 1.807) is 18.1 Å². The molecule has 4 nitrogen and oxygen atoms in total. The molecular formula is C17H16N2O2. The lowest BCUT2D eigenvalue weighted by Crippen LogP contribution is -2.30. The molecule has 0 aliphatic rings. The van der Waals surface area contributed by atoms with E-state index in [2.05, 4.69) is 4.98 Å². The largest absolute Gasteiger partial charge is 0.479 e. The fraction of sp³-hybridized carbons (Fsp3) is 0.118. The number of aromatic nitrogens is 1. The fourth-order valence-corrected chi connectivity index (χ4v) is 2.64. The number of aromatic amines is 1. The minimum absolute atomic E-state index is 0.733. The van der Waals surface area contributed by atoms with Gasteiger partial charge in [-0.3, -0.25) is 0 Å². The maximum absolute atomic E-state index is 11.8. The van der Waals surface area contributed by atoms with Crippen molar-refractivity contribution in [3.63, 3.8) is 0 Å². The Labute approximate surface area is 122 Å². The second-order valence-corrected chi connectivity index (χ2v) is 4.98. The van der Waals surface area contributed by atoms with Gasteiger partial charge in [0.15, 0.2) is 6.04 Å². The zero-order chi connectivity index (χ0) is 14.8. The SMILES string of the molecule is CN(c1ccccc1)C(C(=O)O)c1c[nH]c2ccccc12. The van der Waals surface area contributed by atoms with Gasteiger partial charge in [0.05, 0.1) is 0 Å². The van der Waals surface area contributed by atoms with E-state index in [0.717, 1.165) is 22.2 Å². The molecule has 2 N–H and O–H groups in total. The highest BCUT2D eigenvalue weighted by Gasteiger charge is 2.27. The predicted molar refractivity (Wildman–Crippen MR) is 83.5 cm³/mol. The van der Waals surface area contributed by atoms with Crippen molar-refractivity contribution in [1.82, 2.24) is 4.98 Å². The third kappa shape index (κ3) is 2.36. The van der Waals surface area contributed by atoms with Gasteiger partial charge in [-0.25, -0.2) is 4.79 Å². The van der Waals surface area contributed by atoms with E-state index in [1.165, 1.54) is 0 Å². The van der Waals surface area contributed by atoms with Crippen LogP contribution in [0.15, 0.2) is 60.8 Å². The van der Waals surface area contributed by atoms with Gasteiger partial charge in [-0.1, -0.05) is 36.4 Å². The summed E-state index contributed by atoms with van der Waals surface area (Å²) in [5, 5.41) is 10.6. The fourth-order valence-electron chi connectivity index (χ4n) is 2.64. The lowest BCUT2D eigenvalue weighted by atomic mass is 10.0. The molecule has 2 aromatic carbocycles. The Morgan fingerprint density at radius 2 is 1.76 bits per heavy atom. The molecule has 0 aliphatic heterocycles. The molecule has 1 heterocycles. The molecule has 4 heteroatoms. The number of likely N-dealkylation sites (N-methyl/N-ethyl adjacent to an activating group) is 1. The van der Waals surface area contributed by atoms with Crippen molar-refractivity contribution in [1.29, 1.82) is 0 Å². The highest BCUT2D eigenvalue weighted by Crippen LogP contribution is 2.30. The molecule has 106 valence electrons. The van der Waals surface area contributed by atoms with Gasteiger partial charge >= 0.3 is 5.97 Å². The number of nitrogens with one attached hydrogen (secondary N) is 1. The molecule has 0 bridgehead atoms. The Morgan fingerprint density at radius 3 is 2.48 bits per heavy atom. The number of carbonyl (C=O) groups is 1. The van der Waals surface area contributed by atoms with Crippen LogP contribution in [0, 0.1) is 0 Å². The number of aliphatic carboxylic acids is 1. The Balaban J connectivity index is 2.08. The van der Waals surface area contributed by atoms with Crippen LogP contribution < -0.4 is 4.90 Å². The number of nitrogens with zero attached hydrogens (tertiary/aromatic N) is 1. The van der Waals surface area contributed by atoms with Crippen LogP contribution in [0.3, 0.4) is 0 Å². The van der Waals surface area contributed by atoms with E-state index < -0.39 is 12.0 Å². The van der Waals surface area contributed by atoms with E-state index in [0.29, 0.717) is 0 Å². The highest BCUT2D eigenvalue weighted by atomic mass is 16.4. The van der Waals surface area contributed by atoms with Gasteiger partial charge in [0.2, 0.25) is 0 Å². The Morgan fingerprint density at radius 1 is 1.10 bits per heavy atom. The molecule has 1 aromatic heterocycles. The molecule has 0 saturated carbocycles. The van der Waals surface area contributed by atoms with Crippen LogP contribution in [0.1, 0.15) is 11.6 Å². The van der Waals surface area contributed by atoms with E-state index >= 15 is 0 Å². The Hall–Kier alpha value is -2.75. The molecule has 0 radical (unpaired) electrons. The molecule has 3 rings (SSSR count). The smallest absolute Gasteiger partial charge is 0.331 e. The van der Waals surface area contributed by atoms with Crippen LogP contribution in [0.4, 0.5) is 5.69 Å². The molecule has 0 fully saturated rings. The molecule has 0 saturated heterocycles. The van der Waals surface area contributed by atoms with E-state index in [9.17, 15) is 9.90 Å². The standard InChI is InChI=1S/C17H16N2O2/c1-19(12-7-3-2-4-8-12)16(17(20)21)14-11-18-15-10-6-5-9-13(14)15/h2-11,16,18H,1H3,(H,20,21). The van der Waals surface area contributed by atoms with Gasteiger partial charge in [0, 0.05) is 35.4 Å². The summed E-state index contributed by atoms with van der Waals surface area (Å²) >= 11 is 0. The molecule has 0 amide bonds. The first-order valence-corrected chi connectivity index (χ1v) is 6.75. The summed E-state index contributed by atoms with van der Waals surface area (Å²) in [6, 6.07) is 16.5. The zero-order valence-corrected chi connectivity index (χ0v) is 11.7. The average molecular weight is 280 g/mol. The predicted octanol–water partition coefficient (Wildman–Crippen LogP) is 3.43. The van der Waals surface area contributed by atoms with Crippen molar-refractivity contribution in [2.24, 2.45) is 0 Å². The number of hydrogen-bond donors (Lipinski definition) is 2. The number of carboxylic acid groups (broad SMARTS) is 1. The maximum atomic E-state index is 11.8. The van der Waals surface area contributed by atoms with E-state index in [-0.39, 0.29) is 0 Å². The van der Waals surface area contributed by atoms with Crippen LogP contribution in [-0.2, 0) is 4.79 Å². The van der Waals surface area contributed by atoms with Crippen LogP contribution in [-0.4, -0.2) is 23.1 Å². The lowest BCUT2D eigenvalue weighted by molar-refractivity contribution is -0.138. The van der Waals surface area contributed by atoms with E-state index in [4.69, 9.17) is 0 Å². The molecule has 0 aliphatic carbocycles. The lowest BCUT2D eigenvalue weighted by Gasteiger charge is -2.26. The Bertz CT molecular complexity index is 765. The van der Waals surface area contributed by atoms with Crippen LogP contribution in [0.2, 0.25) is 0 Å². The molecule has 3 aromatic rings. The van der Waals surface area contributed by atoms with Crippen molar-refractivity contribution < 1.29 is 9.90 Å². The van der Waals surface area contributed by atoms with Crippen LogP contribution in [0.25, 0.3) is 10.9 Å². The first-order valence-electron chi connectivity index (χ1n) is 6.75. The summed E-state index contributed by atoms with van der Waals surface area (Å²) in [4.78, 5) is 16.7. The van der Waals surface area contributed by atoms with Crippen molar-refractivity contribution in [3.8, 4) is 0 Å². The number of carboxylic acids is 1. The summed E-state index contributed by atoms with van der Waals surface area (Å²) in [7, 11) is 1.80. The normalized spacial score (nSPS) is 12.2. The Kier molecular flexibility index (Phi) is 3.36. The summed E-state index contributed by atoms with van der Waals surface area (Å²) in [5.74, 6) is -0.869. The topological polar surface area (TPSA) is 56.3 Å². The van der Waals surface area contributed by atoms with Crippen molar-refractivity contribution in [2.75, 3.05) is 11.9 Å². The van der Waals surface area contributed by atoms with Gasteiger partial charge in [-0.2, -0.15) is 0 Å². The van der Waals surface area contributed by atoms with Crippen molar-refractivity contribution in [2.45, 2.75) is 6.04 Å². The number of anilines is 1. The summed E-state index contributed by atoms with van der Waals surface area (Å²) in [6.07, 6.45) is 1.78. The minimum Gasteiger partial charge on any atom is -0.479 e. The van der Waals surface area contributed by atoms with Gasteiger partial charge in [-0.15, -0.1) is 0 Å². The number of para-hydroxylation sites is 2. The molecule has 1 unspecified atom stereocenters. The number of fused-ring (bicyclic) bond motifs is 1. The zero-order valence-electron chi connectivity index (χ0n) is 11.7. The maximum Gasteiger partial charge on any atom is 0.331 e. The highest BCUT2D eigenvalue weighted by molar-refractivity contribution is 5.90. The summed E-state index contributed by atoms with van der Waals surface area (Å²) < 4.78 is 0. The first kappa shape index (κ1) is 13.2. The molecular weight excluding hydrogens is 264 g/mol. The first-order chi connectivity index (χ1) is 10.2. The molecule has 21 heavy (non-hydrogen) atoms. The summed E-state index contributed by atoms with van der Waals surface area (Å²) in [6.45, 7) is 0. The van der Waals surface area contributed by atoms with Crippen LogP contribution in [0.5, 0.6) is 0 Å². The number of H-pyrrole nitrogens is 1. The third-order valence-corrected chi connectivity index (χ3v) is 3.70. The van der Waals surface area contributed by atoms with Gasteiger partial charge < -0.3 is 15.0 Å². The average Bonchev–Trinajstić information content (AvgIpc) is 2.92. The van der Waals surface area contributed by atoms with Gasteiger partial charge in [-0.05, 0) is 18.2 Å². The number of benzene rings is 2. The summed E-state index contributed by atoms with van der Waals surface area (Å²) in [5.41, 5.74) is 2.58.